The van der Waals surface area contributed by atoms with Gasteiger partial charge in [-0.15, -0.1) is 0 Å². The Bertz CT molecular complexity index is 675. The van der Waals surface area contributed by atoms with E-state index in [9.17, 15) is 4.79 Å². The molecule has 23 heavy (non-hydrogen) atoms. The molecule has 1 aliphatic heterocycles. The molecule has 3 heterocycles. The van der Waals surface area contributed by atoms with E-state index in [-0.39, 0.29) is 11.9 Å². The van der Waals surface area contributed by atoms with E-state index in [1.807, 2.05) is 18.0 Å². The van der Waals surface area contributed by atoms with Gasteiger partial charge in [-0.2, -0.15) is 0 Å². The fourth-order valence-electron chi connectivity index (χ4n) is 2.94. The monoisotopic (exact) mass is 316 g/mol. The second-order valence-corrected chi connectivity index (χ2v) is 6.42. The number of hydrogen-bond donors (Lipinski definition) is 0. The van der Waals surface area contributed by atoms with Gasteiger partial charge in [0, 0.05) is 31.9 Å². The minimum atomic E-state index is -0.0717. The molecule has 1 aliphatic rings. The van der Waals surface area contributed by atoms with Crippen LogP contribution >= 0.6 is 0 Å². The maximum atomic E-state index is 12.5. The minimum Gasteiger partial charge on any atom is -0.459 e. The SMILES string of the molecule is CC(C)N(C)Cc1cnc2n1CCN(C(=O)c1ccco1)[C@H]2C. The summed E-state index contributed by atoms with van der Waals surface area (Å²) in [5, 5.41) is 0. The summed E-state index contributed by atoms with van der Waals surface area (Å²) < 4.78 is 7.49. The van der Waals surface area contributed by atoms with Crippen molar-refractivity contribution in [3.05, 3.63) is 41.9 Å². The van der Waals surface area contributed by atoms with Crippen molar-refractivity contribution in [2.75, 3.05) is 13.6 Å². The number of carbonyl (C=O) groups excluding carboxylic acids is 1. The molecule has 2 aromatic rings. The summed E-state index contributed by atoms with van der Waals surface area (Å²) in [6.07, 6.45) is 3.47. The Balaban J connectivity index is 1.80. The second-order valence-electron chi connectivity index (χ2n) is 6.42. The Morgan fingerprint density at radius 2 is 2.26 bits per heavy atom. The lowest BCUT2D eigenvalue weighted by atomic mass is 10.2. The van der Waals surface area contributed by atoms with Gasteiger partial charge in [0.25, 0.3) is 5.91 Å². The number of nitrogens with zero attached hydrogens (tertiary/aromatic N) is 4. The molecule has 0 radical (unpaired) electrons. The van der Waals surface area contributed by atoms with Crippen LogP contribution in [0.2, 0.25) is 0 Å². The van der Waals surface area contributed by atoms with Crippen LogP contribution in [0.4, 0.5) is 0 Å². The first-order chi connectivity index (χ1) is 11.0. The van der Waals surface area contributed by atoms with E-state index < -0.39 is 0 Å². The van der Waals surface area contributed by atoms with E-state index >= 15 is 0 Å². The summed E-state index contributed by atoms with van der Waals surface area (Å²) >= 11 is 0. The van der Waals surface area contributed by atoms with Crippen molar-refractivity contribution >= 4 is 5.91 Å². The summed E-state index contributed by atoms with van der Waals surface area (Å²) in [4.78, 5) is 21.2. The third kappa shape index (κ3) is 2.91. The smallest absolute Gasteiger partial charge is 0.290 e. The van der Waals surface area contributed by atoms with Gasteiger partial charge >= 0.3 is 0 Å². The van der Waals surface area contributed by atoms with Crippen LogP contribution in [0.3, 0.4) is 0 Å². The molecule has 0 aromatic carbocycles. The van der Waals surface area contributed by atoms with Crippen LogP contribution < -0.4 is 0 Å². The molecular weight excluding hydrogens is 292 g/mol. The van der Waals surface area contributed by atoms with Crippen LogP contribution in [0.15, 0.2) is 29.0 Å². The maximum Gasteiger partial charge on any atom is 0.290 e. The van der Waals surface area contributed by atoms with Crippen molar-refractivity contribution < 1.29 is 9.21 Å². The molecule has 0 aliphatic carbocycles. The maximum absolute atomic E-state index is 12.5. The predicted octanol–water partition coefficient (Wildman–Crippen LogP) is 2.53. The highest BCUT2D eigenvalue weighted by Gasteiger charge is 2.32. The van der Waals surface area contributed by atoms with E-state index in [1.54, 1.807) is 12.1 Å². The molecule has 2 aromatic heterocycles. The molecule has 0 bridgehead atoms. The third-order valence-corrected chi connectivity index (χ3v) is 4.66. The van der Waals surface area contributed by atoms with Crippen LogP contribution in [0, 0.1) is 0 Å². The fourth-order valence-corrected chi connectivity index (χ4v) is 2.94. The number of rotatable bonds is 4. The molecule has 0 unspecified atom stereocenters. The standard InChI is InChI=1S/C17H24N4O2/c1-12(2)19(4)11-14-10-18-16-13(3)20(7-8-21(14)16)17(22)15-6-5-9-23-15/h5-6,9-10,12-13H,7-8,11H2,1-4H3/t13-/m0/s1. The molecule has 0 saturated heterocycles. The van der Waals surface area contributed by atoms with E-state index in [1.165, 1.54) is 12.0 Å². The number of carbonyl (C=O) groups is 1. The lowest BCUT2D eigenvalue weighted by Crippen LogP contribution is -2.41. The Labute approximate surface area is 136 Å². The highest BCUT2D eigenvalue weighted by atomic mass is 16.3. The number of hydrogen-bond acceptors (Lipinski definition) is 4. The van der Waals surface area contributed by atoms with Gasteiger partial charge < -0.3 is 13.9 Å². The van der Waals surface area contributed by atoms with E-state index in [2.05, 4.69) is 35.3 Å². The van der Waals surface area contributed by atoms with Crippen LogP contribution in [-0.4, -0.2) is 44.9 Å². The van der Waals surface area contributed by atoms with Gasteiger partial charge in [0.05, 0.1) is 18.0 Å². The van der Waals surface area contributed by atoms with Crippen molar-refractivity contribution in [2.45, 2.75) is 45.9 Å². The molecular formula is C17H24N4O2. The van der Waals surface area contributed by atoms with Crippen LogP contribution in [0.1, 0.15) is 48.9 Å². The van der Waals surface area contributed by atoms with E-state index in [4.69, 9.17) is 4.42 Å². The van der Waals surface area contributed by atoms with Gasteiger partial charge in [-0.25, -0.2) is 4.98 Å². The number of amides is 1. The first-order valence-corrected chi connectivity index (χ1v) is 8.08. The van der Waals surface area contributed by atoms with Gasteiger partial charge in [0.2, 0.25) is 0 Å². The first kappa shape index (κ1) is 15.8. The van der Waals surface area contributed by atoms with Crippen LogP contribution in [0.25, 0.3) is 0 Å². The quantitative estimate of drug-likeness (QED) is 0.870. The fraction of sp³-hybridized carbons (Fsp3) is 0.529. The largest absolute Gasteiger partial charge is 0.459 e. The number of aromatic nitrogens is 2. The molecule has 1 atom stereocenters. The van der Waals surface area contributed by atoms with Crippen molar-refractivity contribution in [1.82, 2.24) is 19.4 Å². The highest BCUT2D eigenvalue weighted by Crippen LogP contribution is 2.27. The van der Waals surface area contributed by atoms with Crippen molar-refractivity contribution in [3.63, 3.8) is 0 Å². The molecule has 124 valence electrons. The summed E-state index contributed by atoms with van der Waals surface area (Å²) in [7, 11) is 2.11. The Hall–Kier alpha value is -2.08. The van der Waals surface area contributed by atoms with Crippen LogP contribution in [0.5, 0.6) is 0 Å². The summed E-state index contributed by atoms with van der Waals surface area (Å²) in [5.41, 5.74) is 1.20. The summed E-state index contributed by atoms with van der Waals surface area (Å²) in [6, 6.07) is 3.88. The molecule has 0 spiro atoms. The summed E-state index contributed by atoms with van der Waals surface area (Å²) in [5.74, 6) is 1.26. The molecule has 3 rings (SSSR count). The van der Waals surface area contributed by atoms with Gasteiger partial charge in [-0.05, 0) is 40.0 Å². The normalized spacial score (nSPS) is 17.8. The van der Waals surface area contributed by atoms with Crippen LogP contribution in [-0.2, 0) is 13.1 Å². The Morgan fingerprint density at radius 1 is 1.48 bits per heavy atom. The Kier molecular flexibility index (Phi) is 4.26. The zero-order valence-electron chi connectivity index (χ0n) is 14.2. The lowest BCUT2D eigenvalue weighted by molar-refractivity contribution is 0.0602. The zero-order chi connectivity index (χ0) is 16.6. The molecule has 1 amide bonds. The lowest BCUT2D eigenvalue weighted by Gasteiger charge is -2.34. The van der Waals surface area contributed by atoms with Crippen molar-refractivity contribution in [2.24, 2.45) is 0 Å². The van der Waals surface area contributed by atoms with Gasteiger partial charge in [0.15, 0.2) is 5.76 Å². The Morgan fingerprint density at radius 3 is 2.91 bits per heavy atom. The first-order valence-electron chi connectivity index (χ1n) is 8.08. The van der Waals surface area contributed by atoms with Gasteiger partial charge in [-0.1, -0.05) is 0 Å². The second kappa shape index (κ2) is 6.20. The third-order valence-electron chi connectivity index (χ3n) is 4.66. The number of furan rings is 1. The topological polar surface area (TPSA) is 54.5 Å². The average Bonchev–Trinajstić information content (AvgIpc) is 3.17. The molecule has 0 saturated carbocycles. The number of fused-ring (bicyclic) bond motifs is 1. The summed E-state index contributed by atoms with van der Waals surface area (Å²) in [6.45, 7) is 8.69. The number of imidazole rings is 1. The zero-order valence-corrected chi connectivity index (χ0v) is 14.2. The van der Waals surface area contributed by atoms with E-state index in [0.29, 0.717) is 18.3 Å². The predicted molar refractivity (Wildman–Crippen MR) is 87.0 cm³/mol. The van der Waals surface area contributed by atoms with E-state index in [0.717, 1.165) is 18.9 Å². The van der Waals surface area contributed by atoms with Gasteiger partial charge in [-0.3, -0.25) is 9.69 Å². The molecule has 0 N–H and O–H groups in total. The van der Waals surface area contributed by atoms with Crippen molar-refractivity contribution in [1.29, 1.82) is 0 Å². The molecule has 6 nitrogen and oxygen atoms in total. The van der Waals surface area contributed by atoms with Gasteiger partial charge in [0.1, 0.15) is 5.82 Å². The molecule has 0 fully saturated rings. The highest BCUT2D eigenvalue weighted by molar-refractivity contribution is 5.91. The average molecular weight is 316 g/mol. The minimum absolute atomic E-state index is 0.0561. The van der Waals surface area contributed by atoms with Crippen molar-refractivity contribution in [3.8, 4) is 0 Å². The molecule has 6 heteroatoms.